The molecule has 0 saturated carbocycles. The van der Waals surface area contributed by atoms with Gasteiger partial charge in [-0.3, -0.25) is 0 Å². The van der Waals surface area contributed by atoms with Crippen molar-refractivity contribution in [3.05, 3.63) is 41.2 Å². The van der Waals surface area contributed by atoms with Crippen molar-refractivity contribution in [3.63, 3.8) is 0 Å². The molecule has 0 saturated heterocycles. The van der Waals surface area contributed by atoms with E-state index in [0.717, 1.165) is 17.3 Å². The average molecular weight is 269 g/mol. The van der Waals surface area contributed by atoms with Gasteiger partial charge in [-0.15, -0.1) is 0 Å². The topological polar surface area (TPSA) is 37.8 Å². The molecule has 0 amide bonds. The molecular formula is C17H23N3. The summed E-state index contributed by atoms with van der Waals surface area (Å²) in [5.41, 5.74) is 4.64. The largest absolute Gasteiger partial charge is 0.373 e. The molecule has 20 heavy (non-hydrogen) atoms. The van der Waals surface area contributed by atoms with Crippen LogP contribution in [0.15, 0.2) is 24.3 Å². The van der Waals surface area contributed by atoms with Crippen LogP contribution in [0.2, 0.25) is 0 Å². The molecule has 106 valence electrons. The number of hydrogen-bond acceptors (Lipinski definition) is 3. The van der Waals surface area contributed by atoms with E-state index in [1.165, 1.54) is 16.7 Å². The molecule has 1 N–H and O–H groups in total. The molecule has 0 radical (unpaired) electrons. The Balaban J connectivity index is 2.65. The Kier molecular flexibility index (Phi) is 3.80. The molecule has 0 spiro atoms. The van der Waals surface area contributed by atoms with Gasteiger partial charge in [0, 0.05) is 24.1 Å². The van der Waals surface area contributed by atoms with Gasteiger partial charge >= 0.3 is 0 Å². The lowest BCUT2D eigenvalue weighted by molar-refractivity contribution is 0.547. The highest BCUT2D eigenvalue weighted by Gasteiger charge is 2.19. The Labute approximate surface area is 121 Å². The number of benzene rings is 1. The van der Waals surface area contributed by atoms with Crippen molar-refractivity contribution < 1.29 is 0 Å². The number of rotatable bonds is 2. The second-order valence-electron chi connectivity index (χ2n) is 6.21. The molecule has 1 aromatic heterocycles. The summed E-state index contributed by atoms with van der Waals surface area (Å²) in [7, 11) is 1.89. The van der Waals surface area contributed by atoms with Crippen molar-refractivity contribution in [1.29, 1.82) is 0 Å². The number of hydrogen-bond donors (Lipinski definition) is 1. The molecule has 0 fully saturated rings. The Hall–Kier alpha value is -1.90. The van der Waals surface area contributed by atoms with Crippen LogP contribution in [0.3, 0.4) is 0 Å². The predicted octanol–water partition coefficient (Wildman–Crippen LogP) is 4.10. The summed E-state index contributed by atoms with van der Waals surface area (Å²) < 4.78 is 0. The van der Waals surface area contributed by atoms with Crippen molar-refractivity contribution in [2.24, 2.45) is 0 Å². The third-order valence-electron chi connectivity index (χ3n) is 3.53. The smallest absolute Gasteiger partial charge is 0.136 e. The van der Waals surface area contributed by atoms with Gasteiger partial charge in [0.1, 0.15) is 11.6 Å². The van der Waals surface area contributed by atoms with Crippen molar-refractivity contribution in [3.8, 4) is 11.3 Å². The van der Waals surface area contributed by atoms with E-state index in [1.54, 1.807) is 0 Å². The molecule has 0 aliphatic rings. The first-order chi connectivity index (χ1) is 9.32. The van der Waals surface area contributed by atoms with Crippen molar-refractivity contribution in [2.45, 2.75) is 40.0 Å². The lowest BCUT2D eigenvalue weighted by Gasteiger charge is -2.19. The van der Waals surface area contributed by atoms with E-state index in [1.807, 2.05) is 13.1 Å². The van der Waals surface area contributed by atoms with Crippen LogP contribution in [0.25, 0.3) is 11.3 Å². The van der Waals surface area contributed by atoms with Gasteiger partial charge in [0.05, 0.1) is 5.69 Å². The van der Waals surface area contributed by atoms with E-state index in [4.69, 9.17) is 4.98 Å². The average Bonchev–Trinajstić information content (AvgIpc) is 2.40. The minimum absolute atomic E-state index is 0.0701. The van der Waals surface area contributed by atoms with Gasteiger partial charge in [0.25, 0.3) is 0 Å². The summed E-state index contributed by atoms with van der Waals surface area (Å²) in [6, 6.07) is 8.34. The van der Waals surface area contributed by atoms with Gasteiger partial charge < -0.3 is 5.32 Å². The monoisotopic (exact) mass is 269 g/mol. The zero-order valence-electron chi connectivity index (χ0n) is 13.2. The maximum Gasteiger partial charge on any atom is 0.136 e. The highest BCUT2D eigenvalue weighted by molar-refractivity contribution is 5.67. The van der Waals surface area contributed by atoms with Gasteiger partial charge in [0.2, 0.25) is 0 Å². The van der Waals surface area contributed by atoms with Crippen LogP contribution in [-0.4, -0.2) is 17.0 Å². The molecule has 2 aromatic rings. The lowest BCUT2D eigenvalue weighted by Crippen LogP contribution is -2.17. The molecule has 0 aliphatic heterocycles. The van der Waals surface area contributed by atoms with Gasteiger partial charge in [-0.1, -0.05) is 39.0 Å². The first kappa shape index (κ1) is 14.5. The third kappa shape index (κ3) is 2.82. The van der Waals surface area contributed by atoms with Crippen LogP contribution in [0, 0.1) is 13.8 Å². The maximum absolute atomic E-state index is 4.77. The molecule has 1 heterocycles. The van der Waals surface area contributed by atoms with Gasteiger partial charge in [-0.05, 0) is 25.0 Å². The van der Waals surface area contributed by atoms with Crippen LogP contribution in [0.1, 0.15) is 37.7 Å². The molecule has 3 heteroatoms. The van der Waals surface area contributed by atoms with Crippen molar-refractivity contribution in [2.75, 3.05) is 12.4 Å². The Morgan fingerprint density at radius 1 is 1.05 bits per heavy atom. The predicted molar refractivity (Wildman–Crippen MR) is 85.2 cm³/mol. The van der Waals surface area contributed by atoms with Crippen LogP contribution >= 0.6 is 0 Å². The van der Waals surface area contributed by atoms with E-state index in [2.05, 4.69) is 63.1 Å². The SMILES string of the molecule is CNc1cc(-c2cccc(C)c2C)nc(C(C)(C)C)n1. The molecule has 0 bridgehead atoms. The molecule has 1 aromatic carbocycles. The van der Waals surface area contributed by atoms with Crippen LogP contribution in [-0.2, 0) is 5.41 Å². The third-order valence-corrected chi connectivity index (χ3v) is 3.53. The highest BCUT2D eigenvalue weighted by atomic mass is 15.0. The number of anilines is 1. The van der Waals surface area contributed by atoms with Crippen LogP contribution in [0.4, 0.5) is 5.82 Å². The molecular weight excluding hydrogens is 246 g/mol. The zero-order valence-corrected chi connectivity index (χ0v) is 13.2. The summed E-state index contributed by atoms with van der Waals surface area (Å²) >= 11 is 0. The van der Waals surface area contributed by atoms with E-state index in [0.29, 0.717) is 0 Å². The Bertz CT molecular complexity index is 625. The minimum Gasteiger partial charge on any atom is -0.373 e. The van der Waals surface area contributed by atoms with Gasteiger partial charge in [-0.2, -0.15) is 0 Å². The Morgan fingerprint density at radius 3 is 2.35 bits per heavy atom. The number of aryl methyl sites for hydroxylation is 1. The molecule has 2 rings (SSSR count). The van der Waals surface area contributed by atoms with E-state index < -0.39 is 0 Å². The normalized spacial score (nSPS) is 11.5. The molecule has 0 aliphatic carbocycles. The first-order valence-corrected chi connectivity index (χ1v) is 6.97. The number of aromatic nitrogens is 2. The summed E-state index contributed by atoms with van der Waals surface area (Å²) in [4.78, 5) is 9.35. The molecule has 0 unspecified atom stereocenters. The fourth-order valence-corrected chi connectivity index (χ4v) is 2.08. The summed E-state index contributed by atoms with van der Waals surface area (Å²) in [6.07, 6.45) is 0. The number of nitrogens with zero attached hydrogens (tertiary/aromatic N) is 2. The standard InChI is InChI=1S/C17H23N3/c1-11-8-7-9-13(12(11)2)14-10-15(18-6)20-16(19-14)17(3,4)5/h7-10H,1-6H3,(H,18,19,20). The second kappa shape index (κ2) is 5.23. The summed E-state index contributed by atoms with van der Waals surface area (Å²) in [5.74, 6) is 1.72. The van der Waals surface area contributed by atoms with Gasteiger partial charge in [-0.25, -0.2) is 9.97 Å². The zero-order chi connectivity index (χ0) is 14.9. The molecule has 0 atom stereocenters. The minimum atomic E-state index is -0.0701. The fourth-order valence-electron chi connectivity index (χ4n) is 2.08. The quantitative estimate of drug-likeness (QED) is 0.892. The maximum atomic E-state index is 4.77. The second-order valence-corrected chi connectivity index (χ2v) is 6.21. The van der Waals surface area contributed by atoms with Crippen molar-refractivity contribution in [1.82, 2.24) is 9.97 Å². The fraction of sp³-hybridized carbons (Fsp3) is 0.412. The van der Waals surface area contributed by atoms with Crippen molar-refractivity contribution >= 4 is 5.82 Å². The highest BCUT2D eigenvalue weighted by Crippen LogP contribution is 2.28. The van der Waals surface area contributed by atoms with Crippen LogP contribution < -0.4 is 5.32 Å². The Morgan fingerprint density at radius 2 is 1.75 bits per heavy atom. The summed E-state index contributed by atoms with van der Waals surface area (Å²) in [5, 5.41) is 3.13. The first-order valence-electron chi connectivity index (χ1n) is 6.97. The van der Waals surface area contributed by atoms with E-state index in [9.17, 15) is 0 Å². The molecule has 3 nitrogen and oxygen atoms in total. The summed E-state index contributed by atoms with van der Waals surface area (Å²) in [6.45, 7) is 10.7. The van der Waals surface area contributed by atoms with Gasteiger partial charge in [0.15, 0.2) is 0 Å². The number of nitrogens with one attached hydrogen (secondary N) is 1. The van der Waals surface area contributed by atoms with E-state index >= 15 is 0 Å². The van der Waals surface area contributed by atoms with Crippen LogP contribution in [0.5, 0.6) is 0 Å². The van der Waals surface area contributed by atoms with E-state index in [-0.39, 0.29) is 5.41 Å². The lowest BCUT2D eigenvalue weighted by atomic mass is 9.94.